The highest BCUT2D eigenvalue weighted by Crippen LogP contribution is 2.30. The number of halogens is 3. The molecule has 0 heterocycles. The summed E-state index contributed by atoms with van der Waals surface area (Å²) < 4.78 is 35.8. The maximum absolute atomic E-state index is 14.7. The van der Waals surface area contributed by atoms with Crippen molar-refractivity contribution in [2.75, 3.05) is 24.0 Å². The zero-order chi connectivity index (χ0) is 34.8. The third-order valence-corrected chi connectivity index (χ3v) is 10.5. The van der Waals surface area contributed by atoms with Gasteiger partial charge in [-0.1, -0.05) is 89.4 Å². The highest BCUT2D eigenvalue weighted by atomic mass is 79.9. The largest absolute Gasteiger partial charge is 0.494 e. The zero-order valence-corrected chi connectivity index (χ0v) is 30.8. The molecule has 0 spiro atoms. The van der Waals surface area contributed by atoms with Crippen molar-refractivity contribution in [3.8, 4) is 5.75 Å². The number of sulfonamides is 1. The van der Waals surface area contributed by atoms with Gasteiger partial charge in [-0.05, 0) is 79.1 Å². The minimum Gasteiger partial charge on any atom is -0.494 e. The van der Waals surface area contributed by atoms with Crippen LogP contribution in [-0.4, -0.2) is 50.9 Å². The standard InChI is InChI=1S/C36H38BrCl2N3O5S/c1-4-47-29-17-15-28(16-18-29)42(48(45,46)30-19-13-27(37)14-20-30)24-35(43)41(23-31-32(38)11-8-12-33(31)39)34(36(44)40-22-25(2)3)21-26-9-6-5-7-10-26/h5-20,25,34H,4,21-24H2,1-3H3,(H,40,44)/t34-/m1/s1. The summed E-state index contributed by atoms with van der Waals surface area (Å²) in [5, 5.41) is 3.59. The minimum atomic E-state index is -4.27. The van der Waals surface area contributed by atoms with Crippen LogP contribution in [-0.2, 0) is 32.6 Å². The molecule has 0 radical (unpaired) electrons. The highest BCUT2D eigenvalue weighted by Gasteiger charge is 2.35. The molecular weight excluding hydrogens is 737 g/mol. The Kier molecular flexibility index (Phi) is 13.3. The first-order chi connectivity index (χ1) is 22.9. The van der Waals surface area contributed by atoms with Crippen LogP contribution in [0.3, 0.4) is 0 Å². The van der Waals surface area contributed by atoms with Crippen LogP contribution < -0.4 is 14.4 Å². The van der Waals surface area contributed by atoms with E-state index in [4.69, 9.17) is 27.9 Å². The molecule has 0 fully saturated rings. The molecule has 1 N–H and O–H groups in total. The van der Waals surface area contributed by atoms with Crippen molar-refractivity contribution < 1.29 is 22.7 Å². The Bertz CT molecular complexity index is 1770. The molecule has 0 aromatic heterocycles. The Morgan fingerprint density at radius 1 is 0.875 bits per heavy atom. The molecule has 0 aliphatic rings. The molecule has 0 saturated heterocycles. The first-order valence-electron chi connectivity index (χ1n) is 15.5. The summed E-state index contributed by atoms with van der Waals surface area (Å²) in [6, 6.07) is 25.9. The summed E-state index contributed by atoms with van der Waals surface area (Å²) in [4.78, 5) is 30.0. The van der Waals surface area contributed by atoms with E-state index in [9.17, 15) is 18.0 Å². The predicted molar refractivity (Wildman–Crippen MR) is 195 cm³/mol. The van der Waals surface area contributed by atoms with E-state index in [-0.39, 0.29) is 35.4 Å². The normalized spacial score (nSPS) is 12.0. The molecule has 0 aliphatic carbocycles. The fourth-order valence-electron chi connectivity index (χ4n) is 4.97. The lowest BCUT2D eigenvalue weighted by Crippen LogP contribution is -2.53. The summed E-state index contributed by atoms with van der Waals surface area (Å²) >= 11 is 16.5. The Hall–Kier alpha value is -3.57. The number of rotatable bonds is 15. The number of nitrogens with one attached hydrogen (secondary N) is 1. The van der Waals surface area contributed by atoms with Crippen LogP contribution in [0.25, 0.3) is 0 Å². The Balaban J connectivity index is 1.83. The lowest BCUT2D eigenvalue weighted by atomic mass is 10.0. The molecule has 12 heteroatoms. The second kappa shape index (κ2) is 17.2. The van der Waals surface area contributed by atoms with Gasteiger partial charge >= 0.3 is 0 Å². The second-order valence-corrected chi connectivity index (χ2v) is 15.1. The maximum atomic E-state index is 14.7. The summed E-state index contributed by atoms with van der Waals surface area (Å²) in [5.41, 5.74) is 1.50. The van der Waals surface area contributed by atoms with E-state index in [0.717, 1.165) is 9.87 Å². The van der Waals surface area contributed by atoms with Crippen molar-refractivity contribution >= 4 is 66.7 Å². The van der Waals surface area contributed by atoms with Crippen LogP contribution in [0.15, 0.2) is 106 Å². The third-order valence-electron chi connectivity index (χ3n) is 7.46. The van der Waals surface area contributed by atoms with Crippen LogP contribution in [0, 0.1) is 5.92 Å². The molecule has 0 unspecified atom stereocenters. The third kappa shape index (κ3) is 9.75. The Morgan fingerprint density at radius 2 is 1.50 bits per heavy atom. The topological polar surface area (TPSA) is 96.0 Å². The molecule has 254 valence electrons. The van der Waals surface area contributed by atoms with Crippen LogP contribution in [0.5, 0.6) is 5.75 Å². The molecule has 0 saturated carbocycles. The van der Waals surface area contributed by atoms with Crippen LogP contribution in [0.4, 0.5) is 5.69 Å². The molecule has 8 nitrogen and oxygen atoms in total. The smallest absolute Gasteiger partial charge is 0.264 e. The lowest BCUT2D eigenvalue weighted by Gasteiger charge is -2.34. The van der Waals surface area contributed by atoms with E-state index < -0.39 is 28.5 Å². The van der Waals surface area contributed by atoms with Crippen molar-refractivity contribution in [1.29, 1.82) is 0 Å². The number of hydrogen-bond acceptors (Lipinski definition) is 5. The number of nitrogens with zero attached hydrogens (tertiary/aromatic N) is 2. The van der Waals surface area contributed by atoms with Crippen molar-refractivity contribution in [1.82, 2.24) is 10.2 Å². The van der Waals surface area contributed by atoms with Gasteiger partial charge in [0.2, 0.25) is 11.8 Å². The zero-order valence-electron chi connectivity index (χ0n) is 26.9. The maximum Gasteiger partial charge on any atom is 0.264 e. The van der Waals surface area contributed by atoms with Gasteiger partial charge in [-0.15, -0.1) is 0 Å². The SMILES string of the molecule is CCOc1ccc(N(CC(=O)N(Cc2c(Cl)cccc2Cl)[C@H](Cc2ccccc2)C(=O)NCC(C)C)S(=O)(=O)c2ccc(Br)cc2)cc1. The van der Waals surface area contributed by atoms with Gasteiger partial charge in [0.25, 0.3) is 10.0 Å². The molecule has 1 atom stereocenters. The number of hydrogen-bond donors (Lipinski definition) is 1. The van der Waals surface area contributed by atoms with Gasteiger partial charge < -0.3 is 15.0 Å². The summed E-state index contributed by atoms with van der Waals surface area (Å²) in [5.74, 6) is -0.304. The number of amides is 2. The average Bonchev–Trinajstić information content (AvgIpc) is 3.06. The highest BCUT2D eigenvalue weighted by molar-refractivity contribution is 9.10. The van der Waals surface area contributed by atoms with E-state index >= 15 is 0 Å². The van der Waals surface area contributed by atoms with Gasteiger partial charge in [-0.2, -0.15) is 0 Å². The number of carbonyl (C=O) groups excluding carboxylic acids is 2. The summed E-state index contributed by atoms with van der Waals surface area (Å²) in [7, 11) is -4.27. The number of anilines is 1. The predicted octanol–water partition coefficient (Wildman–Crippen LogP) is 7.76. The van der Waals surface area contributed by atoms with E-state index in [2.05, 4.69) is 21.2 Å². The fourth-order valence-corrected chi connectivity index (χ4v) is 7.16. The number of ether oxygens (including phenoxy) is 1. The van der Waals surface area contributed by atoms with E-state index in [1.54, 1.807) is 54.6 Å². The molecule has 4 rings (SSSR count). The molecule has 0 aliphatic heterocycles. The van der Waals surface area contributed by atoms with Gasteiger partial charge in [0, 0.05) is 39.6 Å². The molecule has 0 bridgehead atoms. The fraction of sp³-hybridized carbons (Fsp3) is 0.278. The first kappa shape index (κ1) is 37.3. The number of benzene rings is 4. The quantitative estimate of drug-likeness (QED) is 0.133. The van der Waals surface area contributed by atoms with Gasteiger partial charge in [0.1, 0.15) is 18.3 Å². The van der Waals surface area contributed by atoms with E-state index in [1.165, 1.54) is 17.0 Å². The second-order valence-electron chi connectivity index (χ2n) is 11.5. The summed E-state index contributed by atoms with van der Waals surface area (Å²) in [6.07, 6.45) is 0.168. The van der Waals surface area contributed by atoms with Crippen molar-refractivity contribution in [3.05, 3.63) is 123 Å². The molecule has 2 amide bonds. The monoisotopic (exact) mass is 773 g/mol. The van der Waals surface area contributed by atoms with Crippen LogP contribution in [0.1, 0.15) is 31.9 Å². The molecule has 4 aromatic rings. The Morgan fingerprint density at radius 3 is 2.08 bits per heavy atom. The van der Waals surface area contributed by atoms with Gasteiger partial charge in [0.05, 0.1) is 17.2 Å². The van der Waals surface area contributed by atoms with Crippen molar-refractivity contribution in [2.45, 2.75) is 44.7 Å². The van der Waals surface area contributed by atoms with Gasteiger partial charge in [0.15, 0.2) is 0 Å². The molecular formula is C36H38BrCl2N3O5S. The molecule has 4 aromatic carbocycles. The first-order valence-corrected chi connectivity index (χ1v) is 18.4. The number of carbonyl (C=O) groups is 2. The lowest BCUT2D eigenvalue weighted by molar-refractivity contribution is -0.140. The van der Waals surface area contributed by atoms with Crippen LogP contribution >= 0.6 is 39.1 Å². The van der Waals surface area contributed by atoms with E-state index in [0.29, 0.717) is 39.0 Å². The molecule has 48 heavy (non-hydrogen) atoms. The Labute approximate surface area is 301 Å². The van der Waals surface area contributed by atoms with Crippen molar-refractivity contribution in [3.63, 3.8) is 0 Å². The van der Waals surface area contributed by atoms with Crippen LogP contribution in [0.2, 0.25) is 10.0 Å². The van der Waals surface area contributed by atoms with Crippen molar-refractivity contribution in [2.24, 2.45) is 5.92 Å². The summed E-state index contributed by atoms with van der Waals surface area (Å²) in [6.45, 7) is 5.85. The minimum absolute atomic E-state index is 0.0106. The van der Waals surface area contributed by atoms with Gasteiger partial charge in [-0.25, -0.2) is 8.42 Å². The van der Waals surface area contributed by atoms with E-state index in [1.807, 2.05) is 51.1 Å². The van der Waals surface area contributed by atoms with Gasteiger partial charge in [-0.3, -0.25) is 13.9 Å². The average molecular weight is 776 g/mol.